The standard InChI is InChI=1S/C8H10O4.Na.H/c1-6(2)5-12-8(11)4-3-7(9)10;;/h3-5H,1-2H3,(H,9,10);;/b4-3-;;. The Morgan fingerprint density at radius 1 is 1.23 bits per heavy atom. The summed E-state index contributed by atoms with van der Waals surface area (Å²) in [6.45, 7) is 3.52. The van der Waals surface area contributed by atoms with Gasteiger partial charge in [0, 0.05) is 12.2 Å². The van der Waals surface area contributed by atoms with Crippen molar-refractivity contribution in [2.75, 3.05) is 0 Å². The van der Waals surface area contributed by atoms with Gasteiger partial charge in [0.25, 0.3) is 0 Å². The predicted octanol–water partition coefficient (Wildman–Crippen LogP) is 0.446. The van der Waals surface area contributed by atoms with E-state index in [0.717, 1.165) is 17.7 Å². The molecular formula is C8H11NaO4. The summed E-state index contributed by atoms with van der Waals surface area (Å²) in [5, 5.41) is 8.13. The zero-order chi connectivity index (χ0) is 9.56. The van der Waals surface area contributed by atoms with Gasteiger partial charge >= 0.3 is 41.5 Å². The SMILES string of the molecule is CC(C)=COC(=O)/C=C\C(=O)O.[NaH]. The molecule has 0 atom stereocenters. The van der Waals surface area contributed by atoms with Crippen molar-refractivity contribution < 1.29 is 19.4 Å². The monoisotopic (exact) mass is 194 g/mol. The fourth-order valence-electron chi connectivity index (χ4n) is 0.355. The molecule has 4 nitrogen and oxygen atoms in total. The van der Waals surface area contributed by atoms with E-state index in [1.54, 1.807) is 13.8 Å². The fourth-order valence-corrected chi connectivity index (χ4v) is 0.355. The van der Waals surface area contributed by atoms with Crippen LogP contribution in [0.5, 0.6) is 0 Å². The quantitative estimate of drug-likeness (QED) is 0.306. The van der Waals surface area contributed by atoms with Crippen LogP contribution in [0.15, 0.2) is 24.0 Å². The van der Waals surface area contributed by atoms with Gasteiger partial charge in [0.05, 0.1) is 6.26 Å². The first-order chi connectivity index (χ1) is 5.52. The van der Waals surface area contributed by atoms with Crippen molar-refractivity contribution in [3.05, 3.63) is 24.0 Å². The maximum absolute atomic E-state index is 10.6. The minimum atomic E-state index is -1.18. The van der Waals surface area contributed by atoms with E-state index in [0.29, 0.717) is 0 Å². The molecule has 0 amide bonds. The number of hydrogen-bond donors (Lipinski definition) is 1. The third-order valence-electron chi connectivity index (χ3n) is 0.773. The molecular weight excluding hydrogens is 183 g/mol. The van der Waals surface area contributed by atoms with Gasteiger partial charge in [-0.1, -0.05) is 0 Å². The van der Waals surface area contributed by atoms with Crippen LogP contribution in [0.1, 0.15) is 13.8 Å². The molecule has 0 fully saturated rings. The topological polar surface area (TPSA) is 63.6 Å². The number of ether oxygens (including phenoxy) is 1. The maximum atomic E-state index is 10.6. The average Bonchev–Trinajstić information content (AvgIpc) is 1.96. The van der Waals surface area contributed by atoms with Gasteiger partial charge in [-0.3, -0.25) is 0 Å². The van der Waals surface area contributed by atoms with Gasteiger partial charge in [0.15, 0.2) is 0 Å². The Balaban J connectivity index is 0. The molecule has 0 aromatic heterocycles. The van der Waals surface area contributed by atoms with E-state index >= 15 is 0 Å². The van der Waals surface area contributed by atoms with Crippen molar-refractivity contribution in [3.63, 3.8) is 0 Å². The van der Waals surface area contributed by atoms with Crippen molar-refractivity contribution in [2.45, 2.75) is 13.8 Å². The predicted molar refractivity (Wildman–Crippen MR) is 49.4 cm³/mol. The summed E-state index contributed by atoms with van der Waals surface area (Å²) in [5.74, 6) is -1.87. The van der Waals surface area contributed by atoms with E-state index in [4.69, 9.17) is 5.11 Å². The molecule has 0 aromatic carbocycles. The van der Waals surface area contributed by atoms with Crippen LogP contribution in [0.4, 0.5) is 0 Å². The number of carboxylic acids is 1. The number of aliphatic carboxylic acids is 1. The Hall–Kier alpha value is -0.580. The van der Waals surface area contributed by atoms with Gasteiger partial charge in [-0.05, 0) is 19.4 Å². The summed E-state index contributed by atoms with van der Waals surface area (Å²) in [5.41, 5.74) is 0.826. The van der Waals surface area contributed by atoms with Crippen LogP contribution in [0.3, 0.4) is 0 Å². The number of hydrogen-bond acceptors (Lipinski definition) is 3. The second-order valence-corrected chi connectivity index (χ2v) is 2.30. The summed E-state index contributed by atoms with van der Waals surface area (Å²) in [6, 6.07) is 0. The van der Waals surface area contributed by atoms with Crippen LogP contribution in [0.25, 0.3) is 0 Å². The molecule has 0 bridgehead atoms. The zero-order valence-corrected chi connectivity index (χ0v) is 6.90. The Labute approximate surface area is 98.6 Å². The molecule has 0 aromatic rings. The summed E-state index contributed by atoms with van der Waals surface area (Å²) in [4.78, 5) is 20.6. The molecule has 0 heterocycles. The summed E-state index contributed by atoms with van der Waals surface area (Å²) >= 11 is 0. The van der Waals surface area contributed by atoms with Gasteiger partial charge in [-0.2, -0.15) is 0 Å². The molecule has 0 rings (SSSR count). The van der Waals surface area contributed by atoms with E-state index in [9.17, 15) is 9.59 Å². The molecule has 1 N–H and O–H groups in total. The minimum absolute atomic E-state index is 0. The molecule has 5 heteroatoms. The molecule has 0 radical (unpaired) electrons. The van der Waals surface area contributed by atoms with E-state index in [1.807, 2.05) is 0 Å². The first-order valence-corrected chi connectivity index (χ1v) is 3.27. The van der Waals surface area contributed by atoms with Gasteiger partial charge in [-0.15, -0.1) is 0 Å². The van der Waals surface area contributed by atoms with Crippen molar-refractivity contribution in [1.82, 2.24) is 0 Å². The molecule has 0 unspecified atom stereocenters. The van der Waals surface area contributed by atoms with E-state index < -0.39 is 11.9 Å². The van der Waals surface area contributed by atoms with Crippen molar-refractivity contribution in [1.29, 1.82) is 0 Å². The van der Waals surface area contributed by atoms with Crippen molar-refractivity contribution in [2.24, 2.45) is 0 Å². The van der Waals surface area contributed by atoms with Gasteiger partial charge in [0.2, 0.25) is 0 Å². The van der Waals surface area contributed by atoms with E-state index in [1.165, 1.54) is 6.26 Å². The number of carboxylic acid groups (broad SMARTS) is 1. The van der Waals surface area contributed by atoms with E-state index in [-0.39, 0.29) is 29.6 Å². The van der Waals surface area contributed by atoms with Crippen LogP contribution in [-0.2, 0) is 14.3 Å². The Morgan fingerprint density at radius 3 is 2.15 bits per heavy atom. The van der Waals surface area contributed by atoms with Crippen LogP contribution in [-0.4, -0.2) is 46.6 Å². The Bertz CT molecular complexity index is 239. The molecule has 0 aliphatic rings. The Morgan fingerprint density at radius 2 is 1.77 bits per heavy atom. The summed E-state index contributed by atoms with van der Waals surface area (Å²) in [7, 11) is 0. The number of rotatable bonds is 3. The van der Waals surface area contributed by atoms with Crippen LogP contribution in [0, 0.1) is 0 Å². The first kappa shape index (κ1) is 14.9. The Kier molecular flexibility index (Phi) is 9.22. The van der Waals surface area contributed by atoms with Crippen molar-refractivity contribution in [3.8, 4) is 0 Å². The summed E-state index contributed by atoms with van der Waals surface area (Å²) < 4.78 is 4.50. The molecule has 68 valence electrons. The number of carbonyl (C=O) groups is 2. The number of allylic oxidation sites excluding steroid dienone is 1. The summed E-state index contributed by atoms with van der Waals surface area (Å²) in [6.07, 6.45) is 2.83. The van der Waals surface area contributed by atoms with Crippen molar-refractivity contribution >= 4 is 41.5 Å². The third kappa shape index (κ3) is 11.4. The van der Waals surface area contributed by atoms with Crippen LogP contribution in [0.2, 0.25) is 0 Å². The van der Waals surface area contributed by atoms with Gasteiger partial charge in [-0.25, -0.2) is 9.59 Å². The van der Waals surface area contributed by atoms with Gasteiger partial charge < -0.3 is 9.84 Å². The second kappa shape index (κ2) is 8.04. The van der Waals surface area contributed by atoms with E-state index in [2.05, 4.69) is 4.74 Å². The third-order valence-corrected chi connectivity index (χ3v) is 0.773. The molecule has 0 saturated heterocycles. The van der Waals surface area contributed by atoms with Crippen LogP contribution >= 0.6 is 0 Å². The molecule has 13 heavy (non-hydrogen) atoms. The normalized spacial score (nSPS) is 8.77. The molecule has 0 aliphatic carbocycles. The fraction of sp³-hybridized carbons (Fsp3) is 0.250. The average molecular weight is 194 g/mol. The number of esters is 1. The second-order valence-electron chi connectivity index (χ2n) is 2.30. The number of carbonyl (C=O) groups excluding carboxylic acids is 1. The van der Waals surface area contributed by atoms with Gasteiger partial charge in [0.1, 0.15) is 0 Å². The molecule has 0 saturated carbocycles. The van der Waals surface area contributed by atoms with Crippen LogP contribution < -0.4 is 0 Å². The molecule has 0 aliphatic heterocycles. The first-order valence-electron chi connectivity index (χ1n) is 3.27. The zero-order valence-electron chi connectivity index (χ0n) is 6.90. The molecule has 0 spiro atoms.